The van der Waals surface area contributed by atoms with Crippen molar-refractivity contribution in [2.75, 3.05) is 32.2 Å². The van der Waals surface area contributed by atoms with Crippen LogP contribution in [0.1, 0.15) is 17.7 Å². The third kappa shape index (κ3) is 4.04. The van der Waals surface area contributed by atoms with Crippen LogP contribution in [0.4, 0.5) is 10.6 Å². The van der Waals surface area contributed by atoms with Crippen LogP contribution in [-0.2, 0) is 6.54 Å². The van der Waals surface area contributed by atoms with E-state index < -0.39 is 0 Å². The number of fused-ring (bicyclic) bond motifs is 1. The van der Waals surface area contributed by atoms with Gasteiger partial charge >= 0.3 is 12.0 Å². The van der Waals surface area contributed by atoms with Crippen LogP contribution in [0.5, 0.6) is 17.5 Å². The number of aliphatic hydroxyl groups excluding tert-OH is 1. The Balaban J connectivity index is 1.80. The highest BCUT2D eigenvalue weighted by Gasteiger charge is 2.36. The number of aliphatic hydroxyl groups is 1. The van der Waals surface area contributed by atoms with Crippen molar-refractivity contribution in [2.24, 2.45) is 0 Å². The van der Waals surface area contributed by atoms with Crippen molar-refractivity contribution in [1.82, 2.24) is 14.5 Å². The van der Waals surface area contributed by atoms with E-state index >= 15 is 0 Å². The number of imidazole rings is 1. The monoisotopic (exact) mass is 434 g/mol. The maximum absolute atomic E-state index is 12.9. The predicted octanol–water partition coefficient (Wildman–Crippen LogP) is 3.96. The number of urea groups is 1. The summed E-state index contributed by atoms with van der Waals surface area (Å²) in [5, 5.41) is 9.26. The second kappa shape index (κ2) is 9.15. The Morgan fingerprint density at radius 3 is 2.56 bits per heavy atom. The van der Waals surface area contributed by atoms with E-state index in [1.165, 1.54) is 4.90 Å². The standard InChI is InChI=1S/C24H26N4O4/c1-17-21-22(26(2)24(30)27(17)13-8-14-29)25-23(28(21)16-18-9-5-4-6-10-18)32-20-12-7-11-19(15-20)31-3/h4-7,9-12,15,29H,1,8,13-14,16H2,2-3H3. The maximum atomic E-state index is 12.9. The highest BCUT2D eigenvalue weighted by atomic mass is 16.5. The lowest BCUT2D eigenvalue weighted by Gasteiger charge is -2.34. The van der Waals surface area contributed by atoms with Crippen molar-refractivity contribution < 1.29 is 19.4 Å². The predicted molar refractivity (Wildman–Crippen MR) is 122 cm³/mol. The molecule has 8 nitrogen and oxygen atoms in total. The van der Waals surface area contributed by atoms with Crippen molar-refractivity contribution in [3.8, 4) is 17.5 Å². The topological polar surface area (TPSA) is 80.1 Å². The highest BCUT2D eigenvalue weighted by molar-refractivity contribution is 6.02. The van der Waals surface area contributed by atoms with Crippen LogP contribution in [0.2, 0.25) is 0 Å². The number of anilines is 1. The van der Waals surface area contributed by atoms with Crippen LogP contribution in [0.15, 0.2) is 61.2 Å². The normalized spacial score (nSPS) is 13.3. The average molecular weight is 434 g/mol. The third-order valence-electron chi connectivity index (χ3n) is 5.32. The lowest BCUT2D eigenvalue weighted by Crippen LogP contribution is -2.45. The van der Waals surface area contributed by atoms with Crippen LogP contribution in [0.3, 0.4) is 0 Å². The quantitative estimate of drug-likeness (QED) is 0.581. The van der Waals surface area contributed by atoms with Gasteiger partial charge in [0, 0.05) is 26.3 Å². The van der Waals surface area contributed by atoms with Gasteiger partial charge in [0.1, 0.15) is 17.2 Å². The van der Waals surface area contributed by atoms with Crippen LogP contribution < -0.4 is 14.4 Å². The molecule has 1 N–H and O–H groups in total. The summed E-state index contributed by atoms with van der Waals surface area (Å²) in [6.07, 6.45) is 0.452. The van der Waals surface area contributed by atoms with Gasteiger partial charge in [0.2, 0.25) is 0 Å². The summed E-state index contributed by atoms with van der Waals surface area (Å²) in [6.45, 7) is 5.02. The SMILES string of the molecule is C=C1c2c(nc(Oc3cccc(OC)c3)n2Cc2ccccc2)N(C)C(=O)N1CCCO. The van der Waals surface area contributed by atoms with Crippen LogP contribution in [0.25, 0.3) is 5.70 Å². The molecule has 0 aliphatic carbocycles. The van der Waals surface area contributed by atoms with Crippen molar-refractivity contribution in [1.29, 1.82) is 0 Å². The Morgan fingerprint density at radius 2 is 1.84 bits per heavy atom. The Labute approximate surface area is 186 Å². The molecule has 0 bridgehead atoms. The second-order valence-electron chi connectivity index (χ2n) is 7.44. The van der Waals surface area contributed by atoms with Gasteiger partial charge in [0.15, 0.2) is 5.82 Å². The van der Waals surface area contributed by atoms with E-state index in [1.807, 2.05) is 53.1 Å². The fourth-order valence-electron chi connectivity index (χ4n) is 3.67. The molecule has 0 saturated carbocycles. The third-order valence-corrected chi connectivity index (χ3v) is 5.32. The summed E-state index contributed by atoms with van der Waals surface area (Å²) >= 11 is 0. The number of carbonyl (C=O) groups is 1. The Kier molecular flexibility index (Phi) is 6.13. The summed E-state index contributed by atoms with van der Waals surface area (Å²) in [5.74, 6) is 1.71. The summed E-state index contributed by atoms with van der Waals surface area (Å²) in [4.78, 5) is 20.6. The summed E-state index contributed by atoms with van der Waals surface area (Å²) in [5.41, 5.74) is 2.28. The molecule has 0 unspecified atom stereocenters. The first-order valence-corrected chi connectivity index (χ1v) is 10.3. The minimum Gasteiger partial charge on any atom is -0.497 e. The van der Waals surface area contributed by atoms with Crippen molar-refractivity contribution >= 4 is 17.5 Å². The average Bonchev–Trinajstić information content (AvgIpc) is 3.16. The number of nitrogens with zero attached hydrogens (tertiary/aromatic N) is 4. The Bertz CT molecular complexity index is 1130. The Hall–Kier alpha value is -3.78. The molecule has 2 aromatic carbocycles. The zero-order valence-electron chi connectivity index (χ0n) is 18.2. The van der Waals surface area contributed by atoms with E-state index in [-0.39, 0.29) is 12.6 Å². The van der Waals surface area contributed by atoms with E-state index in [2.05, 4.69) is 11.6 Å². The summed E-state index contributed by atoms with van der Waals surface area (Å²) in [7, 11) is 3.27. The summed E-state index contributed by atoms with van der Waals surface area (Å²) < 4.78 is 13.4. The van der Waals surface area contributed by atoms with Gasteiger partial charge in [-0.1, -0.05) is 43.0 Å². The molecule has 8 heteroatoms. The maximum Gasteiger partial charge on any atom is 0.329 e. The number of ether oxygens (including phenoxy) is 2. The van der Waals surface area contributed by atoms with Gasteiger partial charge in [-0.05, 0) is 24.1 Å². The molecular formula is C24H26N4O4. The number of rotatable bonds is 8. The zero-order chi connectivity index (χ0) is 22.7. The number of methoxy groups -OCH3 is 1. The van der Waals surface area contributed by atoms with E-state index in [4.69, 9.17) is 9.47 Å². The number of carbonyl (C=O) groups excluding carboxylic acids is 1. The second-order valence-corrected chi connectivity index (χ2v) is 7.44. The molecule has 0 saturated heterocycles. The molecule has 0 radical (unpaired) electrons. The zero-order valence-corrected chi connectivity index (χ0v) is 18.2. The minimum atomic E-state index is -0.242. The molecule has 1 aromatic heterocycles. The lowest BCUT2D eigenvalue weighted by atomic mass is 10.2. The Morgan fingerprint density at radius 1 is 1.09 bits per heavy atom. The summed E-state index contributed by atoms with van der Waals surface area (Å²) in [6, 6.07) is 17.3. The smallest absolute Gasteiger partial charge is 0.329 e. The molecule has 32 heavy (non-hydrogen) atoms. The van der Waals surface area contributed by atoms with Crippen LogP contribution in [0, 0.1) is 0 Å². The number of hydrogen-bond acceptors (Lipinski definition) is 5. The molecule has 1 aliphatic heterocycles. The van der Waals surface area contributed by atoms with Crippen molar-refractivity contribution in [3.63, 3.8) is 0 Å². The molecule has 4 rings (SSSR count). The number of aromatic nitrogens is 2. The van der Waals surface area contributed by atoms with Gasteiger partial charge in [0.25, 0.3) is 0 Å². The molecule has 0 atom stereocenters. The molecule has 2 heterocycles. The molecule has 0 fully saturated rings. The largest absolute Gasteiger partial charge is 0.497 e. The fourth-order valence-corrected chi connectivity index (χ4v) is 3.67. The first-order valence-electron chi connectivity index (χ1n) is 10.3. The van der Waals surface area contributed by atoms with Crippen molar-refractivity contribution in [3.05, 3.63) is 72.4 Å². The lowest BCUT2D eigenvalue weighted by molar-refractivity contribution is 0.217. The minimum absolute atomic E-state index is 0.0128. The first kappa shape index (κ1) is 21.5. The molecule has 2 amide bonds. The van der Waals surface area contributed by atoms with Crippen LogP contribution in [-0.4, -0.2) is 52.9 Å². The van der Waals surface area contributed by atoms with Gasteiger partial charge in [-0.3, -0.25) is 14.4 Å². The number of amides is 2. The van der Waals surface area contributed by atoms with E-state index in [0.29, 0.717) is 54.2 Å². The van der Waals surface area contributed by atoms with Gasteiger partial charge in [-0.15, -0.1) is 0 Å². The van der Waals surface area contributed by atoms with Crippen molar-refractivity contribution in [2.45, 2.75) is 13.0 Å². The van der Waals surface area contributed by atoms with E-state index in [0.717, 1.165) is 5.56 Å². The van der Waals surface area contributed by atoms with Gasteiger partial charge < -0.3 is 14.6 Å². The van der Waals surface area contributed by atoms with Crippen LogP contribution >= 0.6 is 0 Å². The first-order chi connectivity index (χ1) is 15.5. The molecule has 166 valence electrons. The van der Waals surface area contributed by atoms with Gasteiger partial charge in [-0.2, -0.15) is 4.98 Å². The molecule has 1 aliphatic rings. The molecule has 3 aromatic rings. The molecule has 0 spiro atoms. The fraction of sp³-hybridized carbons (Fsp3) is 0.250. The van der Waals surface area contributed by atoms with Gasteiger partial charge in [0.05, 0.1) is 19.4 Å². The number of benzene rings is 2. The van der Waals surface area contributed by atoms with Gasteiger partial charge in [-0.25, -0.2) is 4.79 Å². The van der Waals surface area contributed by atoms with E-state index in [1.54, 1.807) is 25.1 Å². The molecular weight excluding hydrogens is 408 g/mol. The highest BCUT2D eigenvalue weighted by Crippen LogP contribution is 2.39. The van der Waals surface area contributed by atoms with E-state index in [9.17, 15) is 9.90 Å². The number of hydrogen-bond donors (Lipinski definition) is 1.